The average Bonchev–Trinajstić information content (AvgIpc) is 3.63. The lowest BCUT2D eigenvalue weighted by atomic mass is 9.49. The summed E-state index contributed by atoms with van der Waals surface area (Å²) in [5.41, 5.74) is 8.33. The van der Waals surface area contributed by atoms with Crippen molar-refractivity contribution in [3.8, 4) is 5.75 Å². The smallest absolute Gasteiger partial charge is 0.408 e. The molecule has 0 radical (unpaired) electrons. The van der Waals surface area contributed by atoms with Gasteiger partial charge < -0.3 is 41.0 Å². The molecule has 0 aromatic heterocycles. The van der Waals surface area contributed by atoms with E-state index in [1.807, 2.05) is 44.2 Å². The van der Waals surface area contributed by atoms with Gasteiger partial charge in [-0.15, -0.1) is 0 Å². The molecule has 5 aliphatic rings. The molecule has 3 aromatic rings. The number of halogens is 1. The van der Waals surface area contributed by atoms with E-state index in [2.05, 4.69) is 63.2 Å². The van der Waals surface area contributed by atoms with Crippen LogP contribution in [0.2, 0.25) is 5.02 Å². The van der Waals surface area contributed by atoms with Crippen LogP contribution in [0.25, 0.3) is 4.85 Å². The summed E-state index contributed by atoms with van der Waals surface area (Å²) < 4.78 is 11.5. The van der Waals surface area contributed by atoms with Crippen LogP contribution in [0.1, 0.15) is 98.3 Å². The van der Waals surface area contributed by atoms with Gasteiger partial charge in [0.15, 0.2) is 6.73 Å². The van der Waals surface area contributed by atoms with E-state index in [1.54, 1.807) is 30.3 Å². The molecule has 1 aliphatic carbocycles. The largest absolute Gasteiger partial charge is 0.489 e. The van der Waals surface area contributed by atoms with Gasteiger partial charge in [0, 0.05) is 99.1 Å². The Morgan fingerprint density at radius 1 is 0.811 bits per heavy atom. The van der Waals surface area contributed by atoms with Crippen LogP contribution in [-0.2, 0) is 19.1 Å². The maximum atomic E-state index is 13.9. The highest BCUT2D eigenvalue weighted by Crippen LogP contribution is 2.56. The maximum Gasteiger partial charge on any atom is 0.408 e. The van der Waals surface area contributed by atoms with Crippen LogP contribution in [0.5, 0.6) is 5.75 Å². The minimum atomic E-state index is -1.25. The minimum absolute atomic E-state index is 0.0110. The fraction of sp³-hybridized carbons (Fsp3) is 0.519. The number of nitrogens with two attached hydrogens (primary N) is 1. The highest BCUT2D eigenvalue weighted by atomic mass is 35.5. The number of carbonyl (C=O) groups excluding carboxylic acids is 7. The number of rotatable bonds is 16. The summed E-state index contributed by atoms with van der Waals surface area (Å²) >= 11 is 6.28. The number of nitrogens with zero attached hydrogens (tertiary/aromatic N) is 6. The molecule has 4 fully saturated rings. The summed E-state index contributed by atoms with van der Waals surface area (Å²) in [7, 11) is 0. The first-order valence-corrected chi connectivity index (χ1v) is 25.8. The number of amides is 7. The molecule has 1 saturated carbocycles. The van der Waals surface area contributed by atoms with Crippen molar-refractivity contribution in [3.63, 3.8) is 0 Å². The fourth-order valence-electron chi connectivity index (χ4n) is 11.4. The summed E-state index contributed by atoms with van der Waals surface area (Å²) in [6, 6.07) is 16.0. The van der Waals surface area contributed by atoms with E-state index in [0.717, 1.165) is 79.8 Å². The fourth-order valence-corrected chi connectivity index (χ4v) is 11.6. The number of hydrogen-bond acceptors (Lipinski definition) is 13. The minimum Gasteiger partial charge on any atom is -0.489 e. The molecule has 8 rings (SSSR count). The molecule has 7 amide bonds. The molecule has 4 aliphatic heterocycles. The zero-order valence-electron chi connectivity index (χ0n) is 42.9. The van der Waals surface area contributed by atoms with Crippen molar-refractivity contribution < 1.29 is 43.0 Å². The van der Waals surface area contributed by atoms with Crippen LogP contribution in [0, 0.1) is 29.2 Å². The molecule has 20 heteroatoms. The second-order valence-corrected chi connectivity index (χ2v) is 21.9. The van der Waals surface area contributed by atoms with Gasteiger partial charge in [-0.1, -0.05) is 59.2 Å². The lowest BCUT2D eigenvalue weighted by molar-refractivity contribution is -0.164. The zero-order valence-corrected chi connectivity index (χ0v) is 43.7. The lowest BCUT2D eigenvalue weighted by Crippen LogP contribution is -2.74. The first kappa shape index (κ1) is 53.5. The predicted molar refractivity (Wildman–Crippen MR) is 278 cm³/mol. The molecule has 0 bridgehead atoms. The Hall–Kier alpha value is -6.75. The molecule has 74 heavy (non-hydrogen) atoms. The van der Waals surface area contributed by atoms with Crippen LogP contribution < -0.4 is 36.2 Å². The molecule has 3 aromatic carbocycles. The van der Waals surface area contributed by atoms with Gasteiger partial charge in [-0.3, -0.25) is 38.6 Å². The van der Waals surface area contributed by atoms with Gasteiger partial charge in [-0.05, 0) is 85.7 Å². The van der Waals surface area contributed by atoms with E-state index in [0.29, 0.717) is 27.9 Å². The number of alkyl carbamates (subject to hydrolysis) is 1. The van der Waals surface area contributed by atoms with Crippen molar-refractivity contribution in [2.24, 2.45) is 28.4 Å². The predicted octanol–water partition coefficient (Wildman–Crippen LogP) is 5.44. The van der Waals surface area contributed by atoms with Crippen LogP contribution in [0.4, 0.5) is 21.9 Å². The Bertz CT molecular complexity index is 2690. The standard InChI is InChI=1S/C54H67ClN10O9/c1-32(2)44(56)46(68)58-20-21-59-52(72)73-31-64-43(66)17-16-42(49(64)71)65-47(69)38-14-12-36(28-39(38)48(65)70)63-26-24-61(25-27-63)30-33-18-22-62(23-19-33)35-10-8-34(9-11-35)45(67)60-50-53(3,4)51(54(50,5)6)74-37-13-15-41(57-7)40(55)29-37/h8-15,28-29,32-33,42,44,50-51H,16-27,30-31,56H2,1-6H3,(H,58,68)(H,59,72)(H,60,67)/t42?,44-,50?,51?/m0/s1. The number of nitrogens with one attached hydrogen (secondary N) is 3. The molecule has 19 nitrogen and oxygen atoms in total. The van der Waals surface area contributed by atoms with Gasteiger partial charge in [0.1, 0.15) is 17.9 Å². The Labute approximate surface area is 437 Å². The van der Waals surface area contributed by atoms with Crippen molar-refractivity contribution in [1.82, 2.24) is 30.7 Å². The van der Waals surface area contributed by atoms with Crippen molar-refractivity contribution in [2.45, 2.75) is 91.5 Å². The third-order valence-electron chi connectivity index (χ3n) is 15.5. The number of likely N-dealkylation sites (tertiary alicyclic amines) is 1. The normalized spacial score (nSPS) is 22.2. The second kappa shape index (κ2) is 22.0. The lowest BCUT2D eigenvalue weighted by Gasteiger charge is -2.63. The van der Waals surface area contributed by atoms with E-state index in [4.69, 9.17) is 33.4 Å². The molecule has 1 unspecified atom stereocenters. The maximum absolute atomic E-state index is 13.9. The molecule has 0 spiro atoms. The quantitative estimate of drug-likeness (QED) is 0.0799. The number of piperazine rings is 1. The first-order chi connectivity index (χ1) is 35.2. The number of imide groups is 2. The van der Waals surface area contributed by atoms with Crippen molar-refractivity contribution in [2.75, 3.05) is 75.4 Å². The van der Waals surface area contributed by atoms with E-state index < -0.39 is 48.5 Å². The number of carbonyl (C=O) groups is 7. The Morgan fingerprint density at radius 2 is 1.45 bits per heavy atom. The van der Waals surface area contributed by atoms with Crippen molar-refractivity contribution >= 4 is 70.2 Å². The first-order valence-electron chi connectivity index (χ1n) is 25.5. The van der Waals surface area contributed by atoms with E-state index in [-0.39, 0.29) is 77.8 Å². The van der Waals surface area contributed by atoms with Gasteiger partial charge in [0.25, 0.3) is 23.6 Å². The summed E-state index contributed by atoms with van der Waals surface area (Å²) in [5, 5.41) is 8.68. The summed E-state index contributed by atoms with van der Waals surface area (Å²) in [5.74, 6) is -2.08. The average molecular weight is 1040 g/mol. The molecule has 5 N–H and O–H groups in total. The van der Waals surface area contributed by atoms with E-state index >= 15 is 0 Å². The highest BCUT2D eigenvalue weighted by molar-refractivity contribution is 6.33. The summed E-state index contributed by atoms with van der Waals surface area (Å²) in [6.07, 6.45) is 0.772. The molecular weight excluding hydrogens is 968 g/mol. The molecule has 2 atom stereocenters. The monoisotopic (exact) mass is 1030 g/mol. The third-order valence-corrected chi connectivity index (χ3v) is 15.8. The number of hydrogen-bond donors (Lipinski definition) is 4. The topological polar surface area (TPSA) is 221 Å². The Morgan fingerprint density at radius 3 is 2.09 bits per heavy atom. The molecule has 394 valence electrons. The van der Waals surface area contributed by atoms with Gasteiger partial charge in [0.2, 0.25) is 17.5 Å². The Balaban J connectivity index is 0.763. The van der Waals surface area contributed by atoms with E-state index in [1.165, 1.54) is 0 Å². The van der Waals surface area contributed by atoms with E-state index in [9.17, 15) is 33.6 Å². The SMILES string of the molecule is [C-]#[N+]c1ccc(OC2C(C)(C)C(NC(=O)c3ccc(N4CCC(CN5CCN(c6ccc7c(c6)C(=O)N(C6CCC(=O)N(COC(=O)NCCNC(=O)[C@@H](N)C(C)C)C6=O)C7=O)CC5)CC4)cc3)C2(C)C)cc1Cl. The van der Waals surface area contributed by atoms with Gasteiger partial charge in [0.05, 0.1) is 28.8 Å². The van der Waals surface area contributed by atoms with Gasteiger partial charge in [-0.2, -0.15) is 0 Å². The van der Waals surface area contributed by atoms with Crippen LogP contribution in [0.3, 0.4) is 0 Å². The van der Waals surface area contributed by atoms with Crippen molar-refractivity contribution in [3.05, 3.63) is 93.8 Å². The molecular formula is C54H67ClN10O9. The number of ether oxygens (including phenoxy) is 2. The molecule has 3 saturated heterocycles. The van der Waals surface area contributed by atoms with Crippen LogP contribution in [0.15, 0.2) is 60.7 Å². The molecule has 4 heterocycles. The van der Waals surface area contributed by atoms with Crippen LogP contribution >= 0.6 is 11.6 Å². The van der Waals surface area contributed by atoms with Crippen LogP contribution in [-0.4, -0.2) is 146 Å². The third kappa shape index (κ3) is 11.0. The van der Waals surface area contributed by atoms with Gasteiger partial charge >= 0.3 is 6.09 Å². The Kier molecular flexibility index (Phi) is 15.9. The summed E-state index contributed by atoms with van der Waals surface area (Å²) in [4.78, 5) is 104. The zero-order chi connectivity index (χ0) is 53.2. The number of anilines is 2. The van der Waals surface area contributed by atoms with Crippen molar-refractivity contribution in [1.29, 1.82) is 0 Å². The number of benzene rings is 3. The summed E-state index contributed by atoms with van der Waals surface area (Å²) in [6.45, 7) is 24.6. The number of fused-ring (bicyclic) bond motifs is 1. The second-order valence-electron chi connectivity index (χ2n) is 21.5. The van der Waals surface area contributed by atoms with Gasteiger partial charge in [-0.25, -0.2) is 14.5 Å². The number of piperidine rings is 2. The highest BCUT2D eigenvalue weighted by Gasteiger charge is 2.64.